The molecule has 0 spiro atoms. The zero-order chi connectivity index (χ0) is 14.4. The van der Waals surface area contributed by atoms with Gasteiger partial charge in [0.05, 0.1) is 0 Å². The first-order valence-corrected chi connectivity index (χ1v) is 8.89. The van der Waals surface area contributed by atoms with Gasteiger partial charge in [0.25, 0.3) is 0 Å². The van der Waals surface area contributed by atoms with Crippen molar-refractivity contribution in [2.75, 3.05) is 20.1 Å². The molecule has 0 aliphatic carbocycles. The Morgan fingerprint density at radius 1 is 1.25 bits per heavy atom. The summed E-state index contributed by atoms with van der Waals surface area (Å²) in [6.45, 7) is 7.63. The Morgan fingerprint density at radius 3 is 2.75 bits per heavy atom. The highest BCUT2D eigenvalue weighted by Gasteiger charge is 2.10. The number of rotatable bonds is 8. The second-order valence-electron chi connectivity index (χ2n) is 5.32. The van der Waals surface area contributed by atoms with Crippen LogP contribution in [-0.2, 0) is 13.0 Å². The summed E-state index contributed by atoms with van der Waals surface area (Å²) in [4.78, 5) is 5.37. The standard InChI is InChI=1S/C16H24N2S2/c1-13-6-10-20-16(13)12-17-7-8-18(3)14(2)11-15-5-4-9-19-15/h4-6,9-10,14,17H,7-8,11-12H2,1-3H3. The van der Waals surface area contributed by atoms with Gasteiger partial charge in [0.2, 0.25) is 0 Å². The largest absolute Gasteiger partial charge is 0.311 e. The smallest absolute Gasteiger partial charge is 0.0302 e. The normalized spacial score (nSPS) is 13.0. The maximum absolute atomic E-state index is 3.54. The van der Waals surface area contributed by atoms with Crippen molar-refractivity contribution in [2.24, 2.45) is 0 Å². The molecule has 2 heterocycles. The van der Waals surface area contributed by atoms with E-state index in [9.17, 15) is 0 Å². The molecule has 0 fully saturated rings. The van der Waals surface area contributed by atoms with Crippen LogP contribution in [0.15, 0.2) is 29.0 Å². The predicted molar refractivity (Wildman–Crippen MR) is 90.9 cm³/mol. The molecule has 0 aromatic carbocycles. The van der Waals surface area contributed by atoms with Crippen molar-refractivity contribution in [2.45, 2.75) is 32.9 Å². The van der Waals surface area contributed by atoms with Crippen LogP contribution in [0.4, 0.5) is 0 Å². The third-order valence-corrected chi connectivity index (χ3v) is 5.65. The quantitative estimate of drug-likeness (QED) is 0.747. The topological polar surface area (TPSA) is 15.3 Å². The fraction of sp³-hybridized carbons (Fsp3) is 0.500. The van der Waals surface area contributed by atoms with Gasteiger partial charge in [-0.1, -0.05) is 6.07 Å². The number of thiophene rings is 2. The van der Waals surface area contributed by atoms with Crippen molar-refractivity contribution in [3.05, 3.63) is 44.3 Å². The van der Waals surface area contributed by atoms with Crippen LogP contribution in [0.2, 0.25) is 0 Å². The number of aryl methyl sites for hydroxylation is 1. The van der Waals surface area contributed by atoms with Crippen LogP contribution in [0.3, 0.4) is 0 Å². The van der Waals surface area contributed by atoms with Crippen LogP contribution in [0, 0.1) is 6.92 Å². The molecule has 0 aliphatic heterocycles. The second kappa shape index (κ2) is 7.93. The van der Waals surface area contributed by atoms with E-state index >= 15 is 0 Å². The number of likely N-dealkylation sites (N-methyl/N-ethyl adjacent to an activating group) is 1. The van der Waals surface area contributed by atoms with Crippen molar-refractivity contribution in [3.63, 3.8) is 0 Å². The Labute approximate surface area is 130 Å². The molecule has 2 aromatic rings. The highest BCUT2D eigenvalue weighted by atomic mass is 32.1. The molecule has 0 saturated carbocycles. The molecule has 1 atom stereocenters. The summed E-state index contributed by atoms with van der Waals surface area (Å²) in [6.07, 6.45) is 1.15. The summed E-state index contributed by atoms with van der Waals surface area (Å²) in [5.41, 5.74) is 1.40. The predicted octanol–water partition coefficient (Wildman–Crippen LogP) is 3.77. The van der Waals surface area contributed by atoms with Gasteiger partial charge < -0.3 is 10.2 Å². The van der Waals surface area contributed by atoms with Crippen molar-refractivity contribution >= 4 is 22.7 Å². The van der Waals surface area contributed by atoms with Gasteiger partial charge in [-0.3, -0.25) is 0 Å². The molecule has 4 heteroatoms. The number of nitrogens with one attached hydrogen (secondary N) is 1. The number of hydrogen-bond acceptors (Lipinski definition) is 4. The minimum Gasteiger partial charge on any atom is -0.311 e. The zero-order valence-corrected chi connectivity index (χ0v) is 14.2. The van der Waals surface area contributed by atoms with E-state index in [1.807, 2.05) is 22.7 Å². The van der Waals surface area contributed by atoms with E-state index in [0.29, 0.717) is 6.04 Å². The summed E-state index contributed by atoms with van der Waals surface area (Å²) < 4.78 is 0. The minimum absolute atomic E-state index is 0.596. The van der Waals surface area contributed by atoms with E-state index in [-0.39, 0.29) is 0 Å². The molecular weight excluding hydrogens is 284 g/mol. The fourth-order valence-corrected chi connectivity index (χ4v) is 3.84. The summed E-state index contributed by atoms with van der Waals surface area (Å²) in [5.74, 6) is 0. The summed E-state index contributed by atoms with van der Waals surface area (Å²) >= 11 is 3.70. The molecule has 20 heavy (non-hydrogen) atoms. The lowest BCUT2D eigenvalue weighted by atomic mass is 10.2. The van der Waals surface area contributed by atoms with Crippen LogP contribution in [-0.4, -0.2) is 31.1 Å². The number of hydrogen-bond donors (Lipinski definition) is 1. The van der Waals surface area contributed by atoms with E-state index in [1.54, 1.807) is 0 Å². The third-order valence-electron chi connectivity index (χ3n) is 3.72. The third kappa shape index (κ3) is 4.70. The van der Waals surface area contributed by atoms with Gasteiger partial charge in [-0.25, -0.2) is 0 Å². The van der Waals surface area contributed by atoms with Crippen LogP contribution >= 0.6 is 22.7 Å². The van der Waals surface area contributed by atoms with Crippen LogP contribution in [0.5, 0.6) is 0 Å². The Balaban J connectivity index is 1.64. The Hall–Kier alpha value is -0.680. The first-order valence-electron chi connectivity index (χ1n) is 7.13. The van der Waals surface area contributed by atoms with E-state index in [0.717, 1.165) is 26.1 Å². The summed E-state index contributed by atoms with van der Waals surface area (Å²) in [7, 11) is 2.22. The molecule has 0 bridgehead atoms. The first kappa shape index (κ1) is 15.7. The van der Waals surface area contributed by atoms with Gasteiger partial charge in [-0.05, 0) is 55.8 Å². The molecule has 110 valence electrons. The molecule has 2 aromatic heterocycles. The Kier molecular flexibility index (Phi) is 6.23. The minimum atomic E-state index is 0.596. The van der Waals surface area contributed by atoms with Crippen LogP contribution < -0.4 is 5.32 Å². The summed E-state index contributed by atoms with van der Waals surface area (Å²) in [6, 6.07) is 7.15. The van der Waals surface area contributed by atoms with Gasteiger partial charge in [0.15, 0.2) is 0 Å². The first-order chi connectivity index (χ1) is 9.66. The molecule has 1 N–H and O–H groups in total. The average molecular weight is 309 g/mol. The second-order valence-corrected chi connectivity index (χ2v) is 7.35. The van der Waals surface area contributed by atoms with E-state index < -0.39 is 0 Å². The molecule has 0 aliphatic rings. The van der Waals surface area contributed by atoms with Gasteiger partial charge in [-0.2, -0.15) is 0 Å². The van der Waals surface area contributed by atoms with Crippen molar-refractivity contribution in [1.82, 2.24) is 10.2 Å². The molecule has 2 rings (SSSR count). The van der Waals surface area contributed by atoms with Crippen LogP contribution in [0.25, 0.3) is 0 Å². The van der Waals surface area contributed by atoms with Gasteiger partial charge >= 0.3 is 0 Å². The van der Waals surface area contributed by atoms with Crippen molar-refractivity contribution < 1.29 is 0 Å². The molecule has 0 radical (unpaired) electrons. The maximum Gasteiger partial charge on any atom is 0.0302 e. The van der Waals surface area contributed by atoms with E-state index in [1.165, 1.54) is 15.3 Å². The zero-order valence-electron chi connectivity index (χ0n) is 12.6. The van der Waals surface area contributed by atoms with Gasteiger partial charge in [0.1, 0.15) is 0 Å². The van der Waals surface area contributed by atoms with E-state index in [4.69, 9.17) is 0 Å². The average Bonchev–Trinajstić information content (AvgIpc) is 3.06. The van der Waals surface area contributed by atoms with Gasteiger partial charge in [0, 0.05) is 35.4 Å². The molecule has 0 amide bonds. The highest BCUT2D eigenvalue weighted by Crippen LogP contribution is 2.15. The molecular formula is C16H24N2S2. The lowest BCUT2D eigenvalue weighted by Gasteiger charge is -2.24. The van der Waals surface area contributed by atoms with Crippen LogP contribution in [0.1, 0.15) is 22.2 Å². The monoisotopic (exact) mass is 308 g/mol. The molecule has 2 nitrogen and oxygen atoms in total. The van der Waals surface area contributed by atoms with E-state index in [2.05, 4.69) is 60.1 Å². The molecule has 1 unspecified atom stereocenters. The molecule has 0 saturated heterocycles. The Morgan fingerprint density at radius 2 is 2.10 bits per heavy atom. The highest BCUT2D eigenvalue weighted by molar-refractivity contribution is 7.10. The van der Waals surface area contributed by atoms with Crippen molar-refractivity contribution in [1.29, 1.82) is 0 Å². The lowest BCUT2D eigenvalue weighted by Crippen LogP contribution is -2.36. The number of nitrogens with zero attached hydrogens (tertiary/aromatic N) is 1. The SMILES string of the molecule is Cc1ccsc1CNCCN(C)C(C)Cc1cccs1. The Bertz CT molecular complexity index is 490. The maximum atomic E-state index is 3.54. The fourth-order valence-electron chi connectivity index (χ4n) is 2.14. The summed E-state index contributed by atoms with van der Waals surface area (Å²) in [5, 5.41) is 7.87. The van der Waals surface area contributed by atoms with Crippen molar-refractivity contribution in [3.8, 4) is 0 Å². The van der Waals surface area contributed by atoms with Gasteiger partial charge in [-0.15, -0.1) is 22.7 Å². The lowest BCUT2D eigenvalue weighted by molar-refractivity contribution is 0.257.